The molecule has 1 unspecified atom stereocenters. The molecular formula is C43H43N9O5. The predicted octanol–water partition coefficient (Wildman–Crippen LogP) is 4.82. The third-order valence-electron chi connectivity index (χ3n) is 11.4. The zero-order chi connectivity index (χ0) is 39.5. The van der Waals surface area contributed by atoms with Crippen molar-refractivity contribution in [1.29, 1.82) is 5.26 Å². The number of piperidine rings is 1. The molecule has 1 saturated carbocycles. The summed E-state index contributed by atoms with van der Waals surface area (Å²) in [6.07, 6.45) is 5.11. The Morgan fingerprint density at radius 3 is 2.16 bits per heavy atom. The maximum atomic E-state index is 13.9. The zero-order valence-corrected chi connectivity index (χ0v) is 31.4. The van der Waals surface area contributed by atoms with Gasteiger partial charge < -0.3 is 20.4 Å². The van der Waals surface area contributed by atoms with E-state index in [1.54, 1.807) is 24.4 Å². The van der Waals surface area contributed by atoms with Crippen molar-refractivity contribution in [2.24, 2.45) is 0 Å². The summed E-state index contributed by atoms with van der Waals surface area (Å²) < 4.78 is 0. The van der Waals surface area contributed by atoms with E-state index in [0.29, 0.717) is 25.2 Å². The number of amides is 6. The standard InChI is InChI=1S/C43H43N9O5/c44-25-29-6-18-38(45-27-29)47-30-7-9-32(10-8-30)51(43(57)46-26-28-4-2-1-3-5-28)33-13-11-31(12-14-33)49-20-22-50(23-21-49)34-15-16-35-36(24-34)42(56)52(41(35)55)37-17-19-39(53)48-40(37)54/h1-6,11-16,18,24,27,30,32,37H,7-10,17,19-23,26H2,(H,45,47)(H,46,57)(H,48,53,54). The van der Waals surface area contributed by atoms with Gasteiger partial charge in [-0.1, -0.05) is 30.3 Å². The summed E-state index contributed by atoms with van der Waals surface area (Å²) in [5.41, 5.74) is 4.77. The van der Waals surface area contributed by atoms with Crippen molar-refractivity contribution in [3.63, 3.8) is 0 Å². The second kappa shape index (κ2) is 16.2. The minimum absolute atomic E-state index is 0.00717. The lowest BCUT2D eigenvalue weighted by Gasteiger charge is -2.38. The molecule has 1 atom stereocenters. The molecule has 1 aliphatic carbocycles. The number of nitrogens with zero attached hydrogens (tertiary/aromatic N) is 6. The van der Waals surface area contributed by atoms with Gasteiger partial charge in [0.05, 0.1) is 16.7 Å². The van der Waals surface area contributed by atoms with Crippen molar-refractivity contribution >= 4 is 52.5 Å². The zero-order valence-electron chi connectivity index (χ0n) is 31.4. The van der Waals surface area contributed by atoms with Crippen LogP contribution in [-0.2, 0) is 16.1 Å². The molecule has 0 spiro atoms. The highest BCUT2D eigenvalue weighted by molar-refractivity contribution is 6.23. The topological polar surface area (TPSA) is 171 Å². The third-order valence-corrected chi connectivity index (χ3v) is 11.4. The number of hydrogen-bond acceptors (Lipinski definition) is 10. The van der Waals surface area contributed by atoms with Crippen molar-refractivity contribution in [3.8, 4) is 6.07 Å². The number of imide groups is 2. The second-order valence-corrected chi connectivity index (χ2v) is 14.9. The van der Waals surface area contributed by atoms with Crippen LogP contribution in [0.25, 0.3) is 0 Å². The number of pyridine rings is 1. The molecule has 4 aliphatic rings. The molecule has 2 saturated heterocycles. The Labute approximate surface area is 330 Å². The Morgan fingerprint density at radius 2 is 1.49 bits per heavy atom. The van der Waals surface area contributed by atoms with Gasteiger partial charge in [-0.2, -0.15) is 5.26 Å². The SMILES string of the molecule is N#Cc1ccc(NC2CCC(N(C(=O)NCc3ccccc3)c3ccc(N4CCN(c5ccc6c(c5)C(=O)N(C5CCC(=O)NC5=O)C6=O)CC4)cc3)CC2)nc1. The Kier molecular flexibility index (Phi) is 10.5. The summed E-state index contributed by atoms with van der Waals surface area (Å²) in [7, 11) is 0. The number of carbonyl (C=O) groups is 5. The average Bonchev–Trinajstić information content (AvgIpc) is 3.49. The van der Waals surface area contributed by atoms with Crippen LogP contribution >= 0.6 is 0 Å². The first-order valence-electron chi connectivity index (χ1n) is 19.4. The molecule has 57 heavy (non-hydrogen) atoms. The molecule has 0 bridgehead atoms. The molecule has 8 rings (SSSR count). The summed E-state index contributed by atoms with van der Waals surface area (Å²) in [5, 5.41) is 18.0. The van der Waals surface area contributed by atoms with Crippen LogP contribution in [0.15, 0.2) is 91.1 Å². The quantitative estimate of drug-likeness (QED) is 0.201. The Morgan fingerprint density at radius 1 is 0.807 bits per heavy atom. The Balaban J connectivity index is 0.911. The number of rotatable bonds is 9. The predicted molar refractivity (Wildman–Crippen MR) is 214 cm³/mol. The summed E-state index contributed by atoms with van der Waals surface area (Å²) in [4.78, 5) is 76.4. The number of aromatic nitrogens is 1. The number of nitriles is 1. The monoisotopic (exact) mass is 765 g/mol. The molecule has 290 valence electrons. The van der Waals surface area contributed by atoms with Gasteiger partial charge in [0, 0.05) is 74.5 Å². The fourth-order valence-corrected chi connectivity index (χ4v) is 8.29. The molecule has 6 amide bonds. The van der Waals surface area contributed by atoms with E-state index in [9.17, 15) is 24.0 Å². The molecular weight excluding hydrogens is 723 g/mol. The molecule has 1 aromatic heterocycles. The highest BCUT2D eigenvalue weighted by Crippen LogP contribution is 2.33. The van der Waals surface area contributed by atoms with Gasteiger partial charge in [0.25, 0.3) is 11.8 Å². The molecule has 14 heteroatoms. The summed E-state index contributed by atoms with van der Waals surface area (Å²) in [6.45, 7) is 3.23. The van der Waals surface area contributed by atoms with E-state index < -0.39 is 29.7 Å². The lowest BCUT2D eigenvalue weighted by molar-refractivity contribution is -0.136. The summed E-state index contributed by atoms with van der Waals surface area (Å²) in [6, 6.07) is 28.0. The highest BCUT2D eigenvalue weighted by Gasteiger charge is 2.45. The Hall–Kier alpha value is -6.75. The van der Waals surface area contributed by atoms with E-state index in [0.717, 1.165) is 72.1 Å². The van der Waals surface area contributed by atoms with Gasteiger partial charge >= 0.3 is 6.03 Å². The van der Waals surface area contributed by atoms with Crippen molar-refractivity contribution in [2.75, 3.05) is 46.2 Å². The fraction of sp³-hybridized carbons (Fsp3) is 0.326. The first-order chi connectivity index (χ1) is 27.7. The maximum Gasteiger partial charge on any atom is 0.322 e. The van der Waals surface area contributed by atoms with E-state index in [-0.39, 0.29) is 42.1 Å². The summed E-state index contributed by atoms with van der Waals surface area (Å²) in [5.74, 6) is -1.32. The van der Waals surface area contributed by atoms with Gasteiger partial charge in [-0.3, -0.25) is 34.3 Å². The van der Waals surface area contributed by atoms with Crippen molar-refractivity contribution in [2.45, 2.75) is 63.2 Å². The van der Waals surface area contributed by atoms with E-state index in [2.05, 4.69) is 48.9 Å². The molecule has 3 N–H and O–H groups in total. The smallest absolute Gasteiger partial charge is 0.322 e. The third kappa shape index (κ3) is 7.86. The lowest BCUT2D eigenvalue weighted by Crippen LogP contribution is -2.54. The minimum Gasteiger partial charge on any atom is -0.368 e. The molecule has 14 nitrogen and oxygen atoms in total. The van der Waals surface area contributed by atoms with Gasteiger partial charge in [-0.25, -0.2) is 9.78 Å². The van der Waals surface area contributed by atoms with Crippen LogP contribution in [0.3, 0.4) is 0 Å². The number of anilines is 4. The molecule has 3 fully saturated rings. The van der Waals surface area contributed by atoms with E-state index in [1.807, 2.05) is 59.5 Å². The average molecular weight is 766 g/mol. The van der Waals surface area contributed by atoms with Crippen LogP contribution in [0.4, 0.5) is 27.7 Å². The van der Waals surface area contributed by atoms with Crippen molar-refractivity contribution < 1.29 is 24.0 Å². The first kappa shape index (κ1) is 37.2. The lowest BCUT2D eigenvalue weighted by atomic mass is 9.90. The number of fused-ring (bicyclic) bond motifs is 1. The van der Waals surface area contributed by atoms with Crippen molar-refractivity contribution in [1.82, 2.24) is 20.5 Å². The van der Waals surface area contributed by atoms with Crippen LogP contribution in [0.2, 0.25) is 0 Å². The largest absolute Gasteiger partial charge is 0.368 e. The van der Waals surface area contributed by atoms with Crippen LogP contribution < -0.4 is 30.7 Å². The van der Waals surface area contributed by atoms with Gasteiger partial charge in [0.2, 0.25) is 11.8 Å². The number of urea groups is 1. The maximum absolute atomic E-state index is 13.9. The van der Waals surface area contributed by atoms with Gasteiger partial charge in [0.15, 0.2) is 0 Å². The van der Waals surface area contributed by atoms with Crippen LogP contribution in [-0.4, -0.2) is 83.8 Å². The number of hydrogen-bond donors (Lipinski definition) is 3. The molecule has 3 aromatic carbocycles. The number of nitrogens with one attached hydrogen (secondary N) is 3. The van der Waals surface area contributed by atoms with E-state index in [4.69, 9.17) is 5.26 Å². The number of carbonyl (C=O) groups excluding carboxylic acids is 5. The molecule has 4 heterocycles. The van der Waals surface area contributed by atoms with E-state index in [1.165, 1.54) is 0 Å². The van der Waals surface area contributed by atoms with Gasteiger partial charge in [-0.15, -0.1) is 0 Å². The van der Waals surface area contributed by atoms with Crippen LogP contribution in [0.5, 0.6) is 0 Å². The molecule has 0 radical (unpaired) electrons. The van der Waals surface area contributed by atoms with Crippen LogP contribution in [0, 0.1) is 11.3 Å². The second-order valence-electron chi connectivity index (χ2n) is 14.9. The number of benzene rings is 3. The molecule has 4 aromatic rings. The first-order valence-corrected chi connectivity index (χ1v) is 19.4. The van der Waals surface area contributed by atoms with Crippen LogP contribution in [0.1, 0.15) is 70.4 Å². The normalized spacial score (nSPS) is 20.8. The van der Waals surface area contributed by atoms with Crippen molar-refractivity contribution in [3.05, 3.63) is 113 Å². The minimum atomic E-state index is -1.000. The Bertz CT molecular complexity index is 2210. The summed E-state index contributed by atoms with van der Waals surface area (Å²) >= 11 is 0. The highest BCUT2D eigenvalue weighted by atomic mass is 16.2. The molecule has 3 aliphatic heterocycles. The fourth-order valence-electron chi connectivity index (χ4n) is 8.29. The number of piperazine rings is 1. The van der Waals surface area contributed by atoms with Gasteiger partial charge in [-0.05, 0) is 92.3 Å². The van der Waals surface area contributed by atoms with E-state index >= 15 is 0 Å². The van der Waals surface area contributed by atoms with Gasteiger partial charge in [0.1, 0.15) is 17.9 Å².